The van der Waals surface area contributed by atoms with E-state index in [-0.39, 0.29) is 0 Å². The van der Waals surface area contributed by atoms with Crippen molar-refractivity contribution in [3.8, 4) is 28.7 Å². The highest BCUT2D eigenvalue weighted by molar-refractivity contribution is 6.43. The van der Waals surface area contributed by atoms with Crippen LogP contribution in [-0.2, 0) is 0 Å². The lowest BCUT2D eigenvalue weighted by molar-refractivity contribution is 0.356. The fraction of sp³-hybridized carbons (Fsp3) is 0.100. The van der Waals surface area contributed by atoms with Crippen molar-refractivity contribution in [2.24, 2.45) is 0 Å². The maximum Gasteiger partial charge on any atom is 0.168 e. The Bertz CT molecular complexity index is 1030. The number of hydrogen-bond acceptors (Lipinski definition) is 5. The van der Waals surface area contributed by atoms with Gasteiger partial charge in [0.2, 0.25) is 0 Å². The van der Waals surface area contributed by atoms with Gasteiger partial charge in [0.25, 0.3) is 0 Å². The van der Waals surface area contributed by atoms with E-state index >= 15 is 0 Å². The predicted octanol–water partition coefficient (Wildman–Crippen LogP) is 5.69. The number of nitriles is 1. The molecule has 1 heterocycles. The molecule has 7 heteroatoms. The summed E-state index contributed by atoms with van der Waals surface area (Å²) in [5.41, 5.74) is 2.87. The summed E-state index contributed by atoms with van der Waals surface area (Å²) in [5.74, 6) is 1.11. The fourth-order valence-corrected chi connectivity index (χ4v) is 3.07. The molecule has 0 unspecified atom stereocenters. The SMILES string of the molecule is COc1cccc(-c2cncc(C#N)c2Nc2cccc(Cl)c2Cl)c1OC. The van der Waals surface area contributed by atoms with Gasteiger partial charge in [-0.3, -0.25) is 4.98 Å². The molecule has 0 radical (unpaired) electrons. The summed E-state index contributed by atoms with van der Waals surface area (Å²) in [6, 6.07) is 12.9. The van der Waals surface area contributed by atoms with Crippen molar-refractivity contribution < 1.29 is 9.47 Å². The second-order valence-electron chi connectivity index (χ2n) is 5.49. The van der Waals surface area contributed by atoms with E-state index in [4.69, 9.17) is 32.7 Å². The Balaban J connectivity index is 2.22. The number of aromatic nitrogens is 1. The minimum absolute atomic E-state index is 0.355. The monoisotopic (exact) mass is 399 g/mol. The number of methoxy groups -OCH3 is 2. The third-order valence-electron chi connectivity index (χ3n) is 3.97. The molecule has 2 aromatic carbocycles. The topological polar surface area (TPSA) is 67.2 Å². The van der Waals surface area contributed by atoms with Crippen molar-refractivity contribution in [2.75, 3.05) is 19.5 Å². The lowest BCUT2D eigenvalue weighted by Crippen LogP contribution is -2.00. The number of nitrogens with zero attached hydrogens (tertiary/aromatic N) is 2. The van der Waals surface area contributed by atoms with Crippen molar-refractivity contribution in [3.05, 3.63) is 64.4 Å². The number of benzene rings is 2. The second-order valence-corrected chi connectivity index (χ2v) is 6.27. The van der Waals surface area contributed by atoms with Crippen LogP contribution in [0.4, 0.5) is 11.4 Å². The molecule has 0 amide bonds. The average molecular weight is 400 g/mol. The third kappa shape index (κ3) is 3.63. The van der Waals surface area contributed by atoms with Gasteiger partial charge in [-0.1, -0.05) is 41.4 Å². The fourth-order valence-electron chi connectivity index (χ4n) is 2.72. The highest BCUT2D eigenvalue weighted by atomic mass is 35.5. The highest BCUT2D eigenvalue weighted by Crippen LogP contribution is 2.43. The number of anilines is 2. The molecule has 0 spiro atoms. The molecule has 0 saturated carbocycles. The van der Waals surface area contributed by atoms with E-state index in [2.05, 4.69) is 16.4 Å². The molecule has 0 aliphatic heterocycles. The molecule has 5 nitrogen and oxygen atoms in total. The molecule has 1 N–H and O–H groups in total. The van der Waals surface area contributed by atoms with Crippen LogP contribution in [0.2, 0.25) is 10.0 Å². The van der Waals surface area contributed by atoms with Crippen LogP contribution < -0.4 is 14.8 Å². The zero-order chi connectivity index (χ0) is 19.4. The largest absolute Gasteiger partial charge is 0.493 e. The summed E-state index contributed by atoms with van der Waals surface area (Å²) in [7, 11) is 3.13. The molecule has 3 rings (SSSR count). The molecule has 0 saturated heterocycles. The van der Waals surface area contributed by atoms with Gasteiger partial charge in [0.15, 0.2) is 11.5 Å². The molecule has 3 aromatic rings. The molecular weight excluding hydrogens is 385 g/mol. The quantitative estimate of drug-likeness (QED) is 0.596. The van der Waals surface area contributed by atoms with Crippen molar-refractivity contribution in [1.29, 1.82) is 5.26 Å². The minimum Gasteiger partial charge on any atom is -0.493 e. The number of halogens is 2. The van der Waals surface area contributed by atoms with E-state index in [0.717, 1.165) is 5.56 Å². The van der Waals surface area contributed by atoms with Crippen LogP contribution in [0.15, 0.2) is 48.8 Å². The normalized spacial score (nSPS) is 10.2. The van der Waals surface area contributed by atoms with Gasteiger partial charge in [-0.25, -0.2) is 0 Å². The number of hydrogen-bond donors (Lipinski definition) is 1. The van der Waals surface area contributed by atoms with Crippen molar-refractivity contribution in [2.45, 2.75) is 0 Å². The Labute approximate surface area is 167 Å². The van der Waals surface area contributed by atoms with Crippen LogP contribution >= 0.6 is 23.2 Å². The standard InChI is InChI=1S/C20H15Cl2N3O2/c1-26-17-8-3-5-13(20(17)27-2)14-11-24-10-12(9-23)19(14)25-16-7-4-6-15(21)18(16)22/h3-8,10-11H,1-2H3,(H,24,25). The summed E-state index contributed by atoms with van der Waals surface area (Å²) in [6.45, 7) is 0. The number of ether oxygens (including phenoxy) is 2. The second kappa shape index (κ2) is 8.17. The average Bonchev–Trinajstić information content (AvgIpc) is 2.70. The maximum atomic E-state index is 9.57. The van der Waals surface area contributed by atoms with Gasteiger partial charge in [0.1, 0.15) is 6.07 Å². The van der Waals surface area contributed by atoms with Crippen LogP contribution in [0.3, 0.4) is 0 Å². The van der Waals surface area contributed by atoms with Gasteiger partial charge in [-0.05, 0) is 18.2 Å². The summed E-state index contributed by atoms with van der Waals surface area (Å²) in [4.78, 5) is 4.19. The first-order valence-electron chi connectivity index (χ1n) is 7.91. The van der Waals surface area contributed by atoms with Crippen molar-refractivity contribution >= 4 is 34.6 Å². The first-order chi connectivity index (χ1) is 13.1. The molecule has 0 aliphatic rings. The van der Waals surface area contributed by atoms with E-state index in [1.165, 1.54) is 6.20 Å². The van der Waals surface area contributed by atoms with Gasteiger partial charge in [-0.2, -0.15) is 5.26 Å². The highest BCUT2D eigenvalue weighted by Gasteiger charge is 2.18. The van der Waals surface area contributed by atoms with Gasteiger partial charge in [0.05, 0.1) is 41.2 Å². The van der Waals surface area contributed by atoms with Gasteiger partial charge >= 0.3 is 0 Å². The Morgan fingerprint density at radius 1 is 1.00 bits per heavy atom. The number of para-hydroxylation sites is 1. The zero-order valence-corrected chi connectivity index (χ0v) is 16.1. The predicted molar refractivity (Wildman–Crippen MR) is 107 cm³/mol. The summed E-state index contributed by atoms with van der Waals surface area (Å²) >= 11 is 12.4. The summed E-state index contributed by atoms with van der Waals surface area (Å²) in [6.07, 6.45) is 3.13. The number of rotatable bonds is 5. The minimum atomic E-state index is 0.355. The Kier molecular flexibility index (Phi) is 5.70. The number of nitrogens with one attached hydrogen (secondary N) is 1. The molecular formula is C20H15Cl2N3O2. The van der Waals surface area contributed by atoms with Crippen molar-refractivity contribution in [1.82, 2.24) is 4.98 Å². The lowest BCUT2D eigenvalue weighted by atomic mass is 10.0. The summed E-state index contributed by atoms with van der Waals surface area (Å²) in [5, 5.41) is 13.6. The molecule has 0 atom stereocenters. The van der Waals surface area contributed by atoms with Gasteiger partial charge < -0.3 is 14.8 Å². The molecule has 0 bridgehead atoms. The Morgan fingerprint density at radius 2 is 1.78 bits per heavy atom. The Hall–Kier alpha value is -2.94. The van der Waals surface area contributed by atoms with E-state index in [1.54, 1.807) is 44.7 Å². The lowest BCUT2D eigenvalue weighted by Gasteiger charge is -2.18. The van der Waals surface area contributed by atoms with E-state index in [9.17, 15) is 5.26 Å². The maximum absolute atomic E-state index is 9.57. The molecule has 0 aliphatic carbocycles. The molecule has 0 fully saturated rings. The summed E-state index contributed by atoms with van der Waals surface area (Å²) < 4.78 is 10.9. The van der Waals surface area contributed by atoms with Gasteiger partial charge in [0, 0.05) is 23.5 Å². The van der Waals surface area contributed by atoms with Crippen molar-refractivity contribution in [3.63, 3.8) is 0 Å². The Morgan fingerprint density at radius 3 is 2.48 bits per heavy atom. The molecule has 136 valence electrons. The van der Waals surface area contributed by atoms with Crippen LogP contribution in [0.25, 0.3) is 11.1 Å². The van der Waals surface area contributed by atoms with E-state index in [0.29, 0.717) is 44.0 Å². The molecule has 27 heavy (non-hydrogen) atoms. The van der Waals surface area contributed by atoms with Gasteiger partial charge in [-0.15, -0.1) is 0 Å². The first-order valence-corrected chi connectivity index (χ1v) is 8.66. The molecule has 1 aromatic heterocycles. The van der Waals surface area contributed by atoms with Crippen LogP contribution in [-0.4, -0.2) is 19.2 Å². The van der Waals surface area contributed by atoms with Crippen LogP contribution in [0.1, 0.15) is 5.56 Å². The van der Waals surface area contributed by atoms with Crippen LogP contribution in [0.5, 0.6) is 11.5 Å². The third-order valence-corrected chi connectivity index (χ3v) is 4.79. The van der Waals surface area contributed by atoms with E-state index < -0.39 is 0 Å². The first kappa shape index (κ1) is 18.8. The zero-order valence-electron chi connectivity index (χ0n) is 14.6. The smallest absolute Gasteiger partial charge is 0.168 e. The van der Waals surface area contributed by atoms with E-state index in [1.807, 2.05) is 12.1 Å². The number of pyridine rings is 1. The van der Waals surface area contributed by atoms with Crippen LogP contribution in [0, 0.1) is 11.3 Å².